The van der Waals surface area contributed by atoms with Gasteiger partial charge in [-0.2, -0.15) is 0 Å². The first-order valence-corrected chi connectivity index (χ1v) is 7.92. The van der Waals surface area contributed by atoms with Crippen molar-refractivity contribution in [2.45, 2.75) is 5.75 Å². The summed E-state index contributed by atoms with van der Waals surface area (Å²) in [7, 11) is 1.29. The molecular formula is C15H14ClNO4S. The number of halogens is 1. The summed E-state index contributed by atoms with van der Waals surface area (Å²) in [6.07, 6.45) is 0. The Labute approximate surface area is 137 Å². The number of hydrogen-bond acceptors (Lipinski definition) is 5. The molecule has 116 valence electrons. The number of thioether (sulfide) groups is 1. The molecule has 2 rings (SSSR count). The van der Waals surface area contributed by atoms with E-state index in [1.165, 1.54) is 18.9 Å². The molecule has 0 spiro atoms. The van der Waals surface area contributed by atoms with Crippen LogP contribution in [-0.2, 0) is 15.3 Å². The second kappa shape index (κ2) is 7.91. The molecule has 0 bridgehead atoms. The van der Waals surface area contributed by atoms with Crippen LogP contribution in [0.15, 0.2) is 40.8 Å². The highest BCUT2D eigenvalue weighted by molar-refractivity contribution is 7.99. The number of methoxy groups -OCH3 is 1. The van der Waals surface area contributed by atoms with Gasteiger partial charge in [-0.15, -0.1) is 11.8 Å². The second-order valence-electron chi connectivity index (χ2n) is 4.31. The summed E-state index contributed by atoms with van der Waals surface area (Å²) in [6, 6.07) is 10.1. The topological polar surface area (TPSA) is 68.5 Å². The Morgan fingerprint density at radius 1 is 1.23 bits per heavy atom. The number of amides is 1. The highest BCUT2D eigenvalue weighted by Crippen LogP contribution is 2.17. The summed E-state index contributed by atoms with van der Waals surface area (Å²) < 4.78 is 9.86. The van der Waals surface area contributed by atoms with Crippen LogP contribution >= 0.6 is 23.4 Å². The standard InChI is InChI=1S/C15H14ClNO4S/c1-20-15(19)13-7-6-12(21-13)8-22-9-14(18)17-11-4-2-10(16)3-5-11/h2-7H,8-9H2,1H3,(H,17,18). The first-order chi connectivity index (χ1) is 10.6. The maximum atomic E-state index is 11.8. The zero-order valence-electron chi connectivity index (χ0n) is 11.8. The maximum Gasteiger partial charge on any atom is 0.373 e. The SMILES string of the molecule is COC(=O)c1ccc(CSCC(=O)Nc2ccc(Cl)cc2)o1. The highest BCUT2D eigenvalue weighted by Gasteiger charge is 2.11. The van der Waals surface area contributed by atoms with Crippen LogP contribution in [0.4, 0.5) is 5.69 Å². The Morgan fingerprint density at radius 2 is 1.95 bits per heavy atom. The van der Waals surface area contributed by atoms with Crippen molar-refractivity contribution in [2.75, 3.05) is 18.2 Å². The Kier molecular flexibility index (Phi) is 5.91. The van der Waals surface area contributed by atoms with Crippen LogP contribution in [0.5, 0.6) is 0 Å². The number of carbonyl (C=O) groups is 2. The fraction of sp³-hybridized carbons (Fsp3) is 0.200. The average Bonchev–Trinajstić information content (AvgIpc) is 2.97. The Hall–Kier alpha value is -1.92. The smallest absolute Gasteiger partial charge is 0.373 e. The van der Waals surface area contributed by atoms with E-state index in [-0.39, 0.29) is 17.4 Å². The van der Waals surface area contributed by atoms with Gasteiger partial charge < -0.3 is 14.5 Å². The molecule has 0 saturated carbocycles. The van der Waals surface area contributed by atoms with Crippen LogP contribution in [0.3, 0.4) is 0 Å². The molecule has 0 aliphatic rings. The van der Waals surface area contributed by atoms with Crippen LogP contribution in [0, 0.1) is 0 Å². The van der Waals surface area contributed by atoms with E-state index in [4.69, 9.17) is 16.0 Å². The van der Waals surface area contributed by atoms with Crippen LogP contribution in [0.25, 0.3) is 0 Å². The van der Waals surface area contributed by atoms with Crippen LogP contribution in [0.1, 0.15) is 16.3 Å². The lowest BCUT2D eigenvalue weighted by Crippen LogP contribution is -2.13. The summed E-state index contributed by atoms with van der Waals surface area (Å²) >= 11 is 7.16. The molecule has 2 aromatic rings. The van der Waals surface area contributed by atoms with Crippen molar-refractivity contribution in [1.29, 1.82) is 0 Å². The van der Waals surface area contributed by atoms with Crippen molar-refractivity contribution >= 4 is 40.9 Å². The number of rotatable bonds is 6. The first-order valence-electron chi connectivity index (χ1n) is 6.38. The quantitative estimate of drug-likeness (QED) is 0.814. The molecule has 1 N–H and O–H groups in total. The van der Waals surface area contributed by atoms with Gasteiger partial charge in [0.05, 0.1) is 18.6 Å². The van der Waals surface area contributed by atoms with Crippen molar-refractivity contribution in [3.05, 3.63) is 52.9 Å². The Bertz CT molecular complexity index is 654. The van der Waals surface area contributed by atoms with Crippen molar-refractivity contribution in [3.63, 3.8) is 0 Å². The van der Waals surface area contributed by atoms with Crippen molar-refractivity contribution in [1.82, 2.24) is 0 Å². The van der Waals surface area contributed by atoms with Crippen molar-refractivity contribution in [3.8, 4) is 0 Å². The van der Waals surface area contributed by atoms with Crippen LogP contribution in [-0.4, -0.2) is 24.7 Å². The van der Waals surface area contributed by atoms with E-state index in [1.807, 2.05) is 0 Å². The predicted octanol–water partition coefficient (Wildman–Crippen LogP) is 3.59. The lowest BCUT2D eigenvalue weighted by Gasteiger charge is -2.04. The summed E-state index contributed by atoms with van der Waals surface area (Å²) in [5.74, 6) is 0.902. The molecular weight excluding hydrogens is 326 g/mol. The second-order valence-corrected chi connectivity index (χ2v) is 5.73. The van der Waals surface area contributed by atoms with Gasteiger partial charge in [0.2, 0.25) is 11.7 Å². The first kappa shape index (κ1) is 16.5. The van der Waals surface area contributed by atoms with E-state index in [1.54, 1.807) is 36.4 Å². The minimum atomic E-state index is -0.517. The van der Waals surface area contributed by atoms with Gasteiger partial charge in [0, 0.05) is 10.7 Å². The molecule has 0 aliphatic carbocycles. The van der Waals surface area contributed by atoms with E-state index in [0.29, 0.717) is 22.2 Å². The lowest BCUT2D eigenvalue weighted by molar-refractivity contribution is -0.113. The molecule has 0 aliphatic heterocycles. The minimum Gasteiger partial charge on any atom is -0.463 e. The molecule has 0 saturated heterocycles. The third kappa shape index (κ3) is 4.82. The third-order valence-corrected chi connectivity index (χ3v) is 3.86. The molecule has 22 heavy (non-hydrogen) atoms. The molecule has 1 heterocycles. The summed E-state index contributed by atoms with van der Waals surface area (Å²) in [4.78, 5) is 23.0. The number of ether oxygens (including phenoxy) is 1. The van der Waals surface area contributed by atoms with Gasteiger partial charge in [-0.05, 0) is 36.4 Å². The number of benzene rings is 1. The largest absolute Gasteiger partial charge is 0.463 e. The predicted molar refractivity (Wildman–Crippen MR) is 86.3 cm³/mol. The van der Waals surface area contributed by atoms with Gasteiger partial charge in [0.1, 0.15) is 5.76 Å². The highest BCUT2D eigenvalue weighted by atomic mass is 35.5. The summed E-state index contributed by atoms with van der Waals surface area (Å²) in [6.45, 7) is 0. The van der Waals surface area contributed by atoms with Crippen molar-refractivity contribution in [2.24, 2.45) is 0 Å². The Morgan fingerprint density at radius 3 is 2.64 bits per heavy atom. The summed E-state index contributed by atoms with van der Waals surface area (Å²) in [5, 5.41) is 3.38. The van der Waals surface area contributed by atoms with Crippen LogP contribution < -0.4 is 5.32 Å². The van der Waals surface area contributed by atoms with Crippen LogP contribution in [0.2, 0.25) is 5.02 Å². The lowest BCUT2D eigenvalue weighted by atomic mass is 10.3. The van der Waals surface area contributed by atoms with Gasteiger partial charge in [0.25, 0.3) is 0 Å². The van der Waals surface area contributed by atoms with Gasteiger partial charge >= 0.3 is 5.97 Å². The number of nitrogens with one attached hydrogen (secondary N) is 1. The van der Waals surface area contributed by atoms with E-state index < -0.39 is 5.97 Å². The fourth-order valence-electron chi connectivity index (χ4n) is 1.64. The zero-order valence-corrected chi connectivity index (χ0v) is 13.4. The van der Waals surface area contributed by atoms with Gasteiger partial charge in [0.15, 0.2) is 0 Å². The van der Waals surface area contributed by atoms with E-state index in [0.717, 1.165) is 0 Å². The number of hydrogen-bond donors (Lipinski definition) is 1. The van der Waals surface area contributed by atoms with Gasteiger partial charge in [-0.25, -0.2) is 4.79 Å². The van der Waals surface area contributed by atoms with Gasteiger partial charge in [-0.3, -0.25) is 4.79 Å². The molecule has 1 aromatic heterocycles. The van der Waals surface area contributed by atoms with E-state index >= 15 is 0 Å². The van der Waals surface area contributed by atoms with E-state index in [9.17, 15) is 9.59 Å². The summed E-state index contributed by atoms with van der Waals surface area (Å²) in [5.41, 5.74) is 0.695. The normalized spacial score (nSPS) is 10.3. The average molecular weight is 340 g/mol. The molecule has 1 aromatic carbocycles. The molecule has 0 fully saturated rings. The molecule has 7 heteroatoms. The minimum absolute atomic E-state index is 0.118. The van der Waals surface area contributed by atoms with E-state index in [2.05, 4.69) is 10.1 Å². The molecule has 0 radical (unpaired) electrons. The monoisotopic (exact) mass is 339 g/mol. The molecule has 5 nitrogen and oxygen atoms in total. The molecule has 1 amide bonds. The number of anilines is 1. The Balaban J connectivity index is 1.76. The number of carbonyl (C=O) groups excluding carboxylic acids is 2. The van der Waals surface area contributed by atoms with Gasteiger partial charge in [-0.1, -0.05) is 11.6 Å². The molecule has 0 atom stereocenters. The fourth-order valence-corrected chi connectivity index (χ4v) is 2.48. The number of furan rings is 1. The van der Waals surface area contributed by atoms with Crippen molar-refractivity contribution < 1.29 is 18.7 Å². The molecule has 0 unspecified atom stereocenters. The third-order valence-electron chi connectivity index (χ3n) is 2.65. The number of esters is 1. The zero-order chi connectivity index (χ0) is 15.9. The maximum absolute atomic E-state index is 11.8.